The molecule has 0 aliphatic carbocycles. The number of nitrogen functional groups attached to an aromatic ring is 1. The van der Waals surface area contributed by atoms with Crippen molar-refractivity contribution in [3.8, 4) is 0 Å². The van der Waals surface area contributed by atoms with Crippen molar-refractivity contribution in [3.63, 3.8) is 0 Å². The summed E-state index contributed by atoms with van der Waals surface area (Å²) in [5, 5.41) is 0. The zero-order chi connectivity index (χ0) is 25.3. The molecule has 9 nitrogen and oxygen atoms in total. The molecule has 0 spiro atoms. The number of esters is 1. The van der Waals surface area contributed by atoms with Gasteiger partial charge in [0.15, 0.2) is 12.3 Å². The molecule has 0 aliphatic heterocycles. The van der Waals surface area contributed by atoms with Crippen LogP contribution in [0.2, 0.25) is 0 Å². The van der Waals surface area contributed by atoms with E-state index in [0.29, 0.717) is 19.4 Å². The third-order valence-electron chi connectivity index (χ3n) is 5.84. The summed E-state index contributed by atoms with van der Waals surface area (Å²) in [5.74, 6) is -1.20. The highest BCUT2D eigenvalue weighted by molar-refractivity contribution is 5.97. The maximum absolute atomic E-state index is 13.2. The van der Waals surface area contributed by atoms with Crippen LogP contribution in [0.5, 0.6) is 0 Å². The number of nitrogens with one attached hydrogen (secondary N) is 1. The number of aromatic nitrogens is 2. The minimum Gasteiger partial charge on any atom is -0.455 e. The van der Waals surface area contributed by atoms with Crippen molar-refractivity contribution in [2.24, 2.45) is 0 Å². The first-order valence-electron chi connectivity index (χ1n) is 11.8. The Balaban J connectivity index is 2.31. The fourth-order valence-electron chi connectivity index (χ4n) is 3.62. The van der Waals surface area contributed by atoms with Gasteiger partial charge in [0.1, 0.15) is 5.82 Å². The summed E-state index contributed by atoms with van der Waals surface area (Å²) in [4.78, 5) is 54.5. The molecule has 9 heteroatoms. The predicted molar refractivity (Wildman–Crippen MR) is 133 cm³/mol. The van der Waals surface area contributed by atoms with Gasteiger partial charge in [-0.05, 0) is 32.3 Å². The van der Waals surface area contributed by atoms with Crippen LogP contribution < -0.4 is 21.9 Å². The van der Waals surface area contributed by atoms with Crippen LogP contribution in [0.3, 0.4) is 0 Å². The number of unbranched alkanes of at least 4 members (excludes halogenated alkanes) is 3. The molecular weight excluding hydrogens is 436 g/mol. The van der Waals surface area contributed by atoms with Gasteiger partial charge >= 0.3 is 11.7 Å². The van der Waals surface area contributed by atoms with E-state index in [-0.39, 0.29) is 18.1 Å². The van der Waals surface area contributed by atoms with Crippen molar-refractivity contribution in [1.82, 2.24) is 9.55 Å². The second-order valence-corrected chi connectivity index (χ2v) is 8.82. The number of aromatic amines is 1. The Hall–Kier alpha value is -3.36. The van der Waals surface area contributed by atoms with E-state index in [2.05, 4.69) is 4.98 Å². The van der Waals surface area contributed by atoms with E-state index in [1.807, 2.05) is 44.2 Å². The molecule has 3 N–H and O–H groups in total. The van der Waals surface area contributed by atoms with E-state index in [1.54, 1.807) is 13.8 Å². The number of hydrogen-bond donors (Lipinski definition) is 2. The van der Waals surface area contributed by atoms with Gasteiger partial charge in [0.05, 0.1) is 5.41 Å². The van der Waals surface area contributed by atoms with Crippen LogP contribution in [-0.2, 0) is 26.3 Å². The first-order valence-corrected chi connectivity index (χ1v) is 11.8. The number of nitrogens with zero attached hydrogens (tertiary/aromatic N) is 2. The molecule has 0 saturated carbocycles. The van der Waals surface area contributed by atoms with E-state index in [1.165, 1.54) is 9.47 Å². The van der Waals surface area contributed by atoms with Crippen LogP contribution in [0, 0.1) is 0 Å². The summed E-state index contributed by atoms with van der Waals surface area (Å²) >= 11 is 0. The first-order chi connectivity index (χ1) is 16.1. The minimum absolute atomic E-state index is 0.0667. The van der Waals surface area contributed by atoms with E-state index < -0.39 is 35.1 Å². The molecule has 1 aromatic heterocycles. The number of H-pyrrole nitrogens is 1. The SMILES string of the molecule is CCCCCN(C(=O)COC(=O)C(C)(C)c1ccccc1)c1c(N)n(CCCC)c(=O)[nH]c1=O. The lowest BCUT2D eigenvalue weighted by Crippen LogP contribution is -2.44. The zero-order valence-corrected chi connectivity index (χ0v) is 20.6. The smallest absolute Gasteiger partial charge is 0.330 e. The van der Waals surface area contributed by atoms with Crippen molar-refractivity contribution in [2.75, 3.05) is 23.8 Å². The van der Waals surface area contributed by atoms with Gasteiger partial charge in [-0.3, -0.25) is 23.9 Å². The number of nitrogens with two attached hydrogens (primary N) is 1. The lowest BCUT2D eigenvalue weighted by Gasteiger charge is -2.26. The highest BCUT2D eigenvalue weighted by Gasteiger charge is 2.33. The van der Waals surface area contributed by atoms with E-state index in [9.17, 15) is 19.2 Å². The topological polar surface area (TPSA) is 127 Å². The van der Waals surface area contributed by atoms with Crippen LogP contribution in [0.4, 0.5) is 11.5 Å². The minimum atomic E-state index is -0.960. The van der Waals surface area contributed by atoms with Gasteiger partial charge in [-0.2, -0.15) is 0 Å². The number of carbonyl (C=O) groups excluding carboxylic acids is 2. The number of anilines is 2. The van der Waals surface area contributed by atoms with Crippen molar-refractivity contribution in [2.45, 2.75) is 71.8 Å². The van der Waals surface area contributed by atoms with Gasteiger partial charge < -0.3 is 15.4 Å². The maximum Gasteiger partial charge on any atom is 0.330 e. The summed E-state index contributed by atoms with van der Waals surface area (Å²) in [5.41, 5.74) is 4.57. The van der Waals surface area contributed by atoms with Gasteiger partial charge in [0, 0.05) is 13.1 Å². The number of amides is 1. The third kappa shape index (κ3) is 6.36. The van der Waals surface area contributed by atoms with Gasteiger partial charge in [0.25, 0.3) is 11.5 Å². The molecule has 0 unspecified atom stereocenters. The zero-order valence-electron chi connectivity index (χ0n) is 20.6. The second-order valence-electron chi connectivity index (χ2n) is 8.82. The van der Waals surface area contributed by atoms with E-state index >= 15 is 0 Å². The molecule has 186 valence electrons. The summed E-state index contributed by atoms with van der Waals surface area (Å²) in [6.07, 6.45) is 3.87. The van der Waals surface area contributed by atoms with Crippen LogP contribution >= 0.6 is 0 Å². The summed E-state index contributed by atoms with van der Waals surface area (Å²) < 4.78 is 6.65. The fraction of sp³-hybridized carbons (Fsp3) is 0.520. The Morgan fingerprint density at radius 1 is 1.06 bits per heavy atom. The highest BCUT2D eigenvalue weighted by Crippen LogP contribution is 2.25. The Kier molecular flexibility index (Phi) is 9.65. The Bertz CT molecular complexity index is 1090. The number of benzene rings is 1. The van der Waals surface area contributed by atoms with Crippen molar-refractivity contribution in [3.05, 3.63) is 56.7 Å². The lowest BCUT2D eigenvalue weighted by molar-refractivity contribution is -0.152. The molecule has 2 aromatic rings. The van der Waals surface area contributed by atoms with Gasteiger partial charge in [0.2, 0.25) is 0 Å². The molecule has 1 amide bonds. The Morgan fingerprint density at radius 2 is 1.71 bits per heavy atom. The van der Waals surface area contributed by atoms with Crippen LogP contribution in [0.15, 0.2) is 39.9 Å². The molecule has 1 heterocycles. The normalized spacial score (nSPS) is 11.3. The average Bonchev–Trinajstić information content (AvgIpc) is 2.81. The van der Waals surface area contributed by atoms with Gasteiger partial charge in [-0.25, -0.2) is 4.79 Å². The molecule has 0 radical (unpaired) electrons. The van der Waals surface area contributed by atoms with Crippen LogP contribution in [-0.4, -0.2) is 34.6 Å². The Morgan fingerprint density at radius 3 is 2.32 bits per heavy atom. The standard InChI is InChI=1S/C25H36N4O5/c1-5-7-12-16-28(20-21(26)29(15-8-6-2)24(33)27-22(20)31)19(30)17-34-23(32)25(3,4)18-13-10-9-11-14-18/h9-11,13-14H,5-8,12,15-17,26H2,1-4H3,(H,27,31,33). The average molecular weight is 473 g/mol. The molecule has 0 atom stereocenters. The molecule has 1 aromatic carbocycles. The van der Waals surface area contributed by atoms with Crippen molar-refractivity contribution < 1.29 is 14.3 Å². The monoisotopic (exact) mass is 472 g/mol. The highest BCUT2D eigenvalue weighted by atomic mass is 16.5. The quantitative estimate of drug-likeness (QED) is 0.361. The number of ether oxygens (including phenoxy) is 1. The van der Waals surface area contributed by atoms with Crippen molar-refractivity contribution >= 4 is 23.4 Å². The lowest BCUT2D eigenvalue weighted by atomic mass is 9.85. The number of carbonyl (C=O) groups is 2. The van der Waals surface area contributed by atoms with E-state index in [0.717, 1.165) is 24.8 Å². The number of hydrogen-bond acceptors (Lipinski definition) is 6. The summed E-state index contributed by atoms with van der Waals surface area (Å²) in [6, 6.07) is 9.14. The van der Waals surface area contributed by atoms with E-state index in [4.69, 9.17) is 10.5 Å². The molecule has 2 rings (SSSR count). The second kappa shape index (κ2) is 12.2. The Labute approximate surface area is 199 Å². The molecule has 34 heavy (non-hydrogen) atoms. The summed E-state index contributed by atoms with van der Waals surface area (Å²) in [7, 11) is 0. The van der Waals surface area contributed by atoms with Crippen LogP contribution in [0.25, 0.3) is 0 Å². The third-order valence-corrected chi connectivity index (χ3v) is 5.84. The molecule has 0 aliphatic rings. The molecule has 0 bridgehead atoms. The van der Waals surface area contributed by atoms with Gasteiger partial charge in [-0.15, -0.1) is 0 Å². The van der Waals surface area contributed by atoms with Gasteiger partial charge in [-0.1, -0.05) is 63.4 Å². The summed E-state index contributed by atoms with van der Waals surface area (Å²) in [6.45, 7) is 7.42. The fourth-order valence-corrected chi connectivity index (χ4v) is 3.62. The maximum atomic E-state index is 13.2. The molecule has 0 fully saturated rings. The van der Waals surface area contributed by atoms with Crippen LogP contribution in [0.1, 0.15) is 65.4 Å². The molecule has 0 saturated heterocycles. The largest absolute Gasteiger partial charge is 0.455 e. The number of rotatable bonds is 12. The predicted octanol–water partition coefficient (Wildman–Crippen LogP) is 2.96. The molecular formula is C25H36N4O5. The first kappa shape index (κ1) is 26.9. The van der Waals surface area contributed by atoms with Crippen molar-refractivity contribution in [1.29, 1.82) is 0 Å².